The van der Waals surface area contributed by atoms with Crippen molar-refractivity contribution in [1.82, 2.24) is 4.90 Å². The van der Waals surface area contributed by atoms with Crippen molar-refractivity contribution in [2.24, 2.45) is 0 Å². The van der Waals surface area contributed by atoms with Gasteiger partial charge >= 0.3 is 0 Å². The largest absolute Gasteiger partial charge is 0.354 e. The second-order valence-corrected chi connectivity index (χ2v) is 3.79. The Morgan fingerprint density at radius 1 is 1.18 bits per heavy atom. The zero-order valence-corrected chi connectivity index (χ0v) is 7.59. The van der Waals surface area contributed by atoms with Crippen molar-refractivity contribution in [1.29, 1.82) is 0 Å². The van der Waals surface area contributed by atoms with E-state index in [-0.39, 0.29) is 5.54 Å². The first kappa shape index (κ1) is 8.97. The van der Waals surface area contributed by atoms with Crippen LogP contribution in [0.1, 0.15) is 20.8 Å². The summed E-state index contributed by atoms with van der Waals surface area (Å²) < 4.78 is 10.4. The lowest BCUT2D eigenvalue weighted by Gasteiger charge is -2.33. The van der Waals surface area contributed by atoms with Crippen molar-refractivity contribution in [2.75, 3.05) is 26.7 Å². The van der Waals surface area contributed by atoms with Crippen molar-refractivity contribution >= 4 is 0 Å². The van der Waals surface area contributed by atoms with Crippen molar-refractivity contribution < 1.29 is 9.47 Å². The van der Waals surface area contributed by atoms with Gasteiger partial charge in [0.1, 0.15) is 13.5 Å². The van der Waals surface area contributed by atoms with Crippen LogP contribution in [0, 0.1) is 0 Å². The fourth-order valence-corrected chi connectivity index (χ4v) is 1.03. The second kappa shape index (κ2) is 3.52. The van der Waals surface area contributed by atoms with E-state index in [0.29, 0.717) is 13.5 Å². The van der Waals surface area contributed by atoms with Crippen LogP contribution in [0.15, 0.2) is 0 Å². The van der Waals surface area contributed by atoms with E-state index < -0.39 is 0 Å². The lowest BCUT2D eigenvalue weighted by atomic mass is 10.1. The van der Waals surface area contributed by atoms with Gasteiger partial charge in [-0.3, -0.25) is 4.90 Å². The molecule has 0 N–H and O–H groups in total. The lowest BCUT2D eigenvalue weighted by Crippen LogP contribution is -2.43. The molecule has 0 radical (unpaired) electrons. The first-order valence-corrected chi connectivity index (χ1v) is 4.01. The van der Waals surface area contributed by atoms with E-state index >= 15 is 0 Å². The predicted molar refractivity (Wildman–Crippen MR) is 43.2 cm³/mol. The van der Waals surface area contributed by atoms with Gasteiger partial charge in [0.25, 0.3) is 0 Å². The normalized spacial score (nSPS) is 23.2. The number of ether oxygens (including phenoxy) is 2. The maximum atomic E-state index is 5.24. The molecule has 1 fully saturated rings. The number of rotatable bonds is 0. The quantitative estimate of drug-likeness (QED) is 0.527. The molecule has 3 heteroatoms. The Balaban J connectivity index is 2.43. The minimum absolute atomic E-state index is 0.188. The molecular formula is C8H17NO2. The van der Waals surface area contributed by atoms with Gasteiger partial charge in [0.15, 0.2) is 0 Å². The molecule has 1 saturated heterocycles. The molecule has 1 rings (SSSR count). The molecule has 11 heavy (non-hydrogen) atoms. The minimum Gasteiger partial charge on any atom is -0.354 e. The molecule has 0 unspecified atom stereocenters. The highest BCUT2D eigenvalue weighted by Crippen LogP contribution is 2.13. The second-order valence-electron chi connectivity index (χ2n) is 3.79. The van der Waals surface area contributed by atoms with E-state index in [1.165, 1.54) is 0 Å². The highest BCUT2D eigenvalue weighted by atomic mass is 16.7. The van der Waals surface area contributed by atoms with Crippen molar-refractivity contribution in [3.05, 3.63) is 0 Å². The van der Waals surface area contributed by atoms with Crippen molar-refractivity contribution in [3.8, 4) is 0 Å². The third-order valence-electron chi connectivity index (χ3n) is 1.87. The Labute approximate surface area is 68.3 Å². The van der Waals surface area contributed by atoms with Crippen molar-refractivity contribution in [2.45, 2.75) is 26.3 Å². The van der Waals surface area contributed by atoms with Gasteiger partial charge < -0.3 is 9.47 Å². The SMILES string of the molecule is CC(C)(C)N1CCOCOC1. The smallest absolute Gasteiger partial charge is 0.148 e. The van der Waals surface area contributed by atoms with Crippen LogP contribution in [0.3, 0.4) is 0 Å². The molecular weight excluding hydrogens is 142 g/mol. The lowest BCUT2D eigenvalue weighted by molar-refractivity contribution is -0.0596. The number of hydrogen-bond acceptors (Lipinski definition) is 3. The molecule has 0 aromatic rings. The third-order valence-corrected chi connectivity index (χ3v) is 1.87. The molecule has 0 aromatic heterocycles. The molecule has 0 atom stereocenters. The van der Waals surface area contributed by atoms with Gasteiger partial charge in [0, 0.05) is 12.1 Å². The Morgan fingerprint density at radius 2 is 1.91 bits per heavy atom. The highest BCUT2D eigenvalue weighted by molar-refractivity contribution is 4.74. The van der Waals surface area contributed by atoms with Gasteiger partial charge in [-0.2, -0.15) is 0 Å². The molecule has 1 aliphatic rings. The topological polar surface area (TPSA) is 21.7 Å². The summed E-state index contributed by atoms with van der Waals surface area (Å²) in [6.07, 6.45) is 0. The summed E-state index contributed by atoms with van der Waals surface area (Å²) >= 11 is 0. The fourth-order valence-electron chi connectivity index (χ4n) is 1.03. The van der Waals surface area contributed by atoms with Gasteiger partial charge in [-0.1, -0.05) is 0 Å². The zero-order valence-electron chi connectivity index (χ0n) is 7.59. The summed E-state index contributed by atoms with van der Waals surface area (Å²) in [6.45, 7) is 9.40. The van der Waals surface area contributed by atoms with Crippen LogP contribution in [0.2, 0.25) is 0 Å². The molecule has 0 aliphatic carbocycles. The maximum absolute atomic E-state index is 5.24. The summed E-state index contributed by atoms with van der Waals surface area (Å²) in [5.74, 6) is 0. The summed E-state index contributed by atoms with van der Waals surface area (Å²) in [5.41, 5.74) is 0.188. The summed E-state index contributed by atoms with van der Waals surface area (Å²) in [5, 5.41) is 0. The van der Waals surface area contributed by atoms with Crippen LogP contribution in [-0.4, -0.2) is 37.1 Å². The highest BCUT2D eigenvalue weighted by Gasteiger charge is 2.22. The monoisotopic (exact) mass is 159 g/mol. The number of nitrogens with zero attached hydrogens (tertiary/aromatic N) is 1. The van der Waals surface area contributed by atoms with Crippen molar-refractivity contribution in [3.63, 3.8) is 0 Å². The standard InChI is InChI=1S/C8H17NO2/c1-8(2,3)9-4-5-10-7-11-6-9/h4-7H2,1-3H3. The molecule has 0 spiro atoms. The van der Waals surface area contributed by atoms with E-state index in [2.05, 4.69) is 25.7 Å². The van der Waals surface area contributed by atoms with Gasteiger partial charge in [0.2, 0.25) is 0 Å². The molecule has 0 saturated carbocycles. The molecule has 3 nitrogen and oxygen atoms in total. The zero-order chi connectivity index (χ0) is 8.32. The Morgan fingerprint density at radius 3 is 2.55 bits per heavy atom. The van der Waals surface area contributed by atoms with Crippen LogP contribution in [-0.2, 0) is 9.47 Å². The molecule has 1 aliphatic heterocycles. The molecule has 0 amide bonds. The summed E-state index contributed by atoms with van der Waals surface area (Å²) in [6, 6.07) is 0. The Kier molecular flexibility index (Phi) is 2.87. The molecule has 0 aromatic carbocycles. The molecule has 0 bridgehead atoms. The van der Waals surface area contributed by atoms with Crippen LogP contribution < -0.4 is 0 Å². The average molecular weight is 159 g/mol. The summed E-state index contributed by atoms with van der Waals surface area (Å²) in [4.78, 5) is 2.26. The van der Waals surface area contributed by atoms with E-state index in [9.17, 15) is 0 Å². The average Bonchev–Trinajstić information content (AvgIpc) is 2.10. The fraction of sp³-hybridized carbons (Fsp3) is 1.00. The predicted octanol–water partition coefficient (Wildman–Crippen LogP) is 1.05. The van der Waals surface area contributed by atoms with Gasteiger partial charge in [-0.25, -0.2) is 0 Å². The molecule has 1 heterocycles. The van der Waals surface area contributed by atoms with Gasteiger partial charge in [-0.05, 0) is 20.8 Å². The van der Waals surface area contributed by atoms with Crippen LogP contribution in [0.4, 0.5) is 0 Å². The van der Waals surface area contributed by atoms with Gasteiger partial charge in [-0.15, -0.1) is 0 Å². The Bertz CT molecular complexity index is 112. The van der Waals surface area contributed by atoms with Crippen LogP contribution >= 0.6 is 0 Å². The van der Waals surface area contributed by atoms with Crippen LogP contribution in [0.25, 0.3) is 0 Å². The number of hydrogen-bond donors (Lipinski definition) is 0. The first-order valence-electron chi connectivity index (χ1n) is 4.01. The van der Waals surface area contributed by atoms with E-state index in [0.717, 1.165) is 13.2 Å². The molecule has 66 valence electrons. The maximum Gasteiger partial charge on any atom is 0.148 e. The third kappa shape index (κ3) is 2.77. The van der Waals surface area contributed by atoms with Gasteiger partial charge in [0.05, 0.1) is 6.61 Å². The van der Waals surface area contributed by atoms with E-state index in [1.807, 2.05) is 0 Å². The van der Waals surface area contributed by atoms with E-state index in [4.69, 9.17) is 9.47 Å². The Hall–Kier alpha value is -0.120. The minimum atomic E-state index is 0.188. The summed E-state index contributed by atoms with van der Waals surface area (Å²) in [7, 11) is 0. The van der Waals surface area contributed by atoms with Crippen LogP contribution in [0.5, 0.6) is 0 Å². The first-order chi connectivity index (χ1) is 5.11. The van der Waals surface area contributed by atoms with E-state index in [1.54, 1.807) is 0 Å².